The topological polar surface area (TPSA) is 41.5 Å². The van der Waals surface area contributed by atoms with E-state index in [9.17, 15) is 9.18 Å². The molecule has 2 aromatic rings. The van der Waals surface area contributed by atoms with Crippen molar-refractivity contribution in [1.82, 2.24) is 5.43 Å². The van der Waals surface area contributed by atoms with Gasteiger partial charge < -0.3 is 0 Å². The molecule has 2 atom stereocenters. The number of hydrazone groups is 1. The zero-order valence-corrected chi connectivity index (χ0v) is 12.3. The maximum absolute atomic E-state index is 12.9. The average molecular weight is 296 g/mol. The molecule has 112 valence electrons. The van der Waals surface area contributed by atoms with Crippen molar-refractivity contribution in [3.05, 3.63) is 71.5 Å². The van der Waals surface area contributed by atoms with Gasteiger partial charge in [-0.3, -0.25) is 4.79 Å². The summed E-state index contributed by atoms with van der Waals surface area (Å²) in [5.74, 6) is -0.0609. The van der Waals surface area contributed by atoms with Gasteiger partial charge in [0.1, 0.15) is 5.82 Å². The van der Waals surface area contributed by atoms with Gasteiger partial charge in [0.2, 0.25) is 5.91 Å². The zero-order valence-electron chi connectivity index (χ0n) is 12.3. The molecule has 0 aromatic heterocycles. The van der Waals surface area contributed by atoms with Crippen LogP contribution in [0.25, 0.3) is 0 Å². The number of hydrogen-bond donors (Lipinski definition) is 1. The molecule has 2 aromatic carbocycles. The van der Waals surface area contributed by atoms with E-state index < -0.39 is 0 Å². The smallest absolute Gasteiger partial charge is 0.243 e. The van der Waals surface area contributed by atoms with Crippen molar-refractivity contribution in [2.24, 2.45) is 11.0 Å². The predicted molar refractivity (Wildman–Crippen MR) is 84.0 cm³/mol. The van der Waals surface area contributed by atoms with E-state index >= 15 is 0 Å². The second-order valence-electron chi connectivity index (χ2n) is 5.54. The Morgan fingerprint density at radius 3 is 2.50 bits per heavy atom. The van der Waals surface area contributed by atoms with Crippen LogP contribution in [0.1, 0.15) is 30.4 Å². The zero-order chi connectivity index (χ0) is 15.5. The van der Waals surface area contributed by atoms with E-state index in [1.807, 2.05) is 30.3 Å². The second-order valence-corrected chi connectivity index (χ2v) is 5.54. The van der Waals surface area contributed by atoms with E-state index in [4.69, 9.17) is 0 Å². The summed E-state index contributed by atoms with van der Waals surface area (Å²) in [5.41, 5.74) is 5.26. The molecular weight excluding hydrogens is 279 g/mol. The molecule has 3 nitrogen and oxygen atoms in total. The van der Waals surface area contributed by atoms with Crippen LogP contribution >= 0.6 is 0 Å². The lowest BCUT2D eigenvalue weighted by Crippen LogP contribution is -2.21. The number of benzene rings is 2. The Kier molecular flexibility index (Phi) is 4.00. The lowest BCUT2D eigenvalue weighted by Gasteiger charge is -2.03. The quantitative estimate of drug-likeness (QED) is 0.681. The van der Waals surface area contributed by atoms with Gasteiger partial charge in [-0.1, -0.05) is 42.5 Å². The van der Waals surface area contributed by atoms with Crippen molar-refractivity contribution in [3.8, 4) is 0 Å². The van der Waals surface area contributed by atoms with Gasteiger partial charge in [0, 0.05) is 5.92 Å². The summed E-state index contributed by atoms with van der Waals surface area (Å²) in [4.78, 5) is 12.1. The number of nitrogens with zero attached hydrogens (tertiary/aromatic N) is 1. The first kappa shape index (κ1) is 14.4. The number of carbonyl (C=O) groups is 1. The number of rotatable bonds is 4. The van der Waals surface area contributed by atoms with E-state index in [0.717, 1.165) is 12.0 Å². The Morgan fingerprint density at radius 1 is 1.14 bits per heavy atom. The van der Waals surface area contributed by atoms with Crippen LogP contribution in [0.4, 0.5) is 4.39 Å². The average Bonchev–Trinajstić information content (AvgIpc) is 3.34. The maximum Gasteiger partial charge on any atom is 0.243 e. The summed E-state index contributed by atoms with van der Waals surface area (Å²) in [6.45, 7) is 1.79. The molecule has 0 bridgehead atoms. The first-order valence-corrected chi connectivity index (χ1v) is 7.30. The first-order valence-electron chi connectivity index (χ1n) is 7.30. The molecule has 1 aliphatic rings. The van der Waals surface area contributed by atoms with E-state index in [2.05, 4.69) is 10.5 Å². The highest BCUT2D eigenvalue weighted by molar-refractivity contribution is 5.99. The maximum atomic E-state index is 12.9. The van der Waals surface area contributed by atoms with Gasteiger partial charge in [0.05, 0.1) is 5.71 Å². The molecule has 1 fully saturated rings. The Bertz CT molecular complexity index is 695. The van der Waals surface area contributed by atoms with Gasteiger partial charge in [-0.2, -0.15) is 5.10 Å². The molecule has 1 aliphatic carbocycles. The molecule has 3 rings (SSSR count). The molecule has 0 spiro atoms. The normalized spacial score (nSPS) is 20.5. The fourth-order valence-electron chi connectivity index (χ4n) is 2.53. The van der Waals surface area contributed by atoms with Crippen molar-refractivity contribution in [3.63, 3.8) is 0 Å². The number of amides is 1. The fraction of sp³-hybridized carbons (Fsp3) is 0.222. The van der Waals surface area contributed by atoms with Gasteiger partial charge in [-0.15, -0.1) is 0 Å². The van der Waals surface area contributed by atoms with Crippen LogP contribution in [0, 0.1) is 11.7 Å². The molecule has 0 unspecified atom stereocenters. The molecule has 4 heteroatoms. The highest BCUT2D eigenvalue weighted by Gasteiger charge is 2.43. The Morgan fingerprint density at radius 2 is 1.82 bits per heavy atom. The molecule has 0 saturated heterocycles. The van der Waals surface area contributed by atoms with Crippen LogP contribution in [-0.2, 0) is 4.79 Å². The van der Waals surface area contributed by atoms with Crippen LogP contribution in [0.3, 0.4) is 0 Å². The molecule has 0 radical (unpaired) electrons. The minimum Gasteiger partial charge on any atom is -0.273 e. The van der Waals surface area contributed by atoms with Gasteiger partial charge in [0.25, 0.3) is 0 Å². The summed E-state index contributed by atoms with van der Waals surface area (Å²) in [6, 6.07) is 16.1. The first-order chi connectivity index (χ1) is 10.6. The SMILES string of the molecule is C/C(=N\NC(=O)[C@@H]1C[C@H]1c1ccccc1)c1ccc(F)cc1. The van der Waals surface area contributed by atoms with Crippen molar-refractivity contribution < 1.29 is 9.18 Å². The van der Waals surface area contributed by atoms with Gasteiger partial charge >= 0.3 is 0 Å². The van der Waals surface area contributed by atoms with Gasteiger partial charge in [-0.25, -0.2) is 9.82 Å². The third kappa shape index (κ3) is 3.22. The van der Waals surface area contributed by atoms with Gasteiger partial charge in [0.15, 0.2) is 0 Å². The van der Waals surface area contributed by atoms with E-state index in [-0.39, 0.29) is 17.6 Å². The van der Waals surface area contributed by atoms with Crippen molar-refractivity contribution in [1.29, 1.82) is 0 Å². The molecule has 0 heterocycles. The third-order valence-corrected chi connectivity index (χ3v) is 3.95. The molecule has 0 aliphatic heterocycles. The standard InChI is InChI=1S/C18H17FN2O/c1-12(13-7-9-15(19)10-8-13)20-21-18(22)17-11-16(17)14-5-3-2-4-6-14/h2-10,16-17H,11H2,1H3,(H,21,22)/b20-12+/t16-,17+/m0/s1. The van der Waals surface area contributed by atoms with Crippen molar-refractivity contribution >= 4 is 11.6 Å². The summed E-state index contributed by atoms with van der Waals surface area (Å²) in [5, 5.41) is 4.11. The van der Waals surface area contributed by atoms with Crippen LogP contribution in [0.15, 0.2) is 59.7 Å². The summed E-state index contributed by atoms with van der Waals surface area (Å²) >= 11 is 0. The summed E-state index contributed by atoms with van der Waals surface area (Å²) in [6.07, 6.45) is 0.862. The van der Waals surface area contributed by atoms with Crippen LogP contribution < -0.4 is 5.43 Å². The van der Waals surface area contributed by atoms with Crippen LogP contribution in [-0.4, -0.2) is 11.6 Å². The molecule has 1 saturated carbocycles. The van der Waals surface area contributed by atoms with E-state index in [0.29, 0.717) is 11.6 Å². The van der Waals surface area contributed by atoms with E-state index in [1.54, 1.807) is 19.1 Å². The number of hydrogen-bond acceptors (Lipinski definition) is 2. The van der Waals surface area contributed by atoms with Crippen LogP contribution in [0.2, 0.25) is 0 Å². The molecule has 1 amide bonds. The van der Waals surface area contributed by atoms with E-state index in [1.165, 1.54) is 17.7 Å². The monoisotopic (exact) mass is 296 g/mol. The molecular formula is C18H17FN2O. The fourth-order valence-corrected chi connectivity index (χ4v) is 2.53. The number of carbonyl (C=O) groups excluding carboxylic acids is 1. The highest BCUT2D eigenvalue weighted by Crippen LogP contribution is 2.47. The van der Waals surface area contributed by atoms with Crippen molar-refractivity contribution in [2.75, 3.05) is 0 Å². The Hall–Kier alpha value is -2.49. The molecule has 1 N–H and O–H groups in total. The minimum absolute atomic E-state index is 0.00725. The predicted octanol–water partition coefficient (Wildman–Crippen LogP) is 3.47. The summed E-state index contributed by atoms with van der Waals surface area (Å²) < 4.78 is 12.9. The third-order valence-electron chi connectivity index (χ3n) is 3.95. The molecule has 22 heavy (non-hydrogen) atoms. The Balaban J connectivity index is 1.59. The minimum atomic E-state index is -0.288. The number of nitrogens with one attached hydrogen (secondary N) is 1. The van der Waals surface area contributed by atoms with Crippen LogP contribution in [0.5, 0.6) is 0 Å². The largest absolute Gasteiger partial charge is 0.273 e. The second kappa shape index (κ2) is 6.10. The van der Waals surface area contributed by atoms with Crippen molar-refractivity contribution in [2.45, 2.75) is 19.3 Å². The van der Waals surface area contributed by atoms with Gasteiger partial charge in [-0.05, 0) is 42.5 Å². The summed E-state index contributed by atoms with van der Waals surface area (Å²) in [7, 11) is 0. The lowest BCUT2D eigenvalue weighted by molar-refractivity contribution is -0.122. The highest BCUT2D eigenvalue weighted by atomic mass is 19.1. The number of halogens is 1. The Labute approximate surface area is 128 Å². The lowest BCUT2D eigenvalue weighted by atomic mass is 10.1.